The van der Waals surface area contributed by atoms with Crippen molar-refractivity contribution in [1.82, 2.24) is 24.8 Å². The summed E-state index contributed by atoms with van der Waals surface area (Å²) < 4.78 is 22.1. The van der Waals surface area contributed by atoms with Crippen molar-refractivity contribution in [3.8, 4) is 11.4 Å². The lowest BCUT2D eigenvalue weighted by Crippen LogP contribution is -2.38. The number of hydrogen-bond acceptors (Lipinski definition) is 7. The van der Waals surface area contributed by atoms with E-state index in [-0.39, 0.29) is 17.8 Å². The molecule has 0 bridgehead atoms. The first-order chi connectivity index (χ1) is 16.5. The highest BCUT2D eigenvalue weighted by atomic mass is 19.1. The lowest BCUT2D eigenvalue weighted by atomic mass is 10.1. The Labute approximate surface area is 194 Å². The summed E-state index contributed by atoms with van der Waals surface area (Å²) in [6, 6.07) is 16.1. The largest absolute Gasteiger partial charge is 0.390 e. The number of benzene rings is 2. The molecule has 9 nitrogen and oxygen atoms in total. The van der Waals surface area contributed by atoms with Gasteiger partial charge < -0.3 is 20.5 Å². The van der Waals surface area contributed by atoms with E-state index in [4.69, 9.17) is 4.74 Å². The second-order valence-electron chi connectivity index (χ2n) is 7.97. The quantitative estimate of drug-likeness (QED) is 0.404. The second kappa shape index (κ2) is 9.16. The zero-order valence-corrected chi connectivity index (χ0v) is 18.4. The summed E-state index contributed by atoms with van der Waals surface area (Å²) >= 11 is 0. The highest BCUT2D eigenvalue weighted by Gasteiger charge is 2.40. The molecular formula is C24H23FN6O3. The smallest absolute Gasteiger partial charge is 0.251 e. The van der Waals surface area contributed by atoms with E-state index in [2.05, 4.69) is 25.6 Å². The van der Waals surface area contributed by atoms with Crippen LogP contribution in [0.15, 0.2) is 60.9 Å². The molecule has 0 saturated carbocycles. The predicted molar refractivity (Wildman–Crippen MR) is 123 cm³/mol. The Balaban J connectivity index is 1.57. The number of fused-ring (bicyclic) bond motifs is 1. The summed E-state index contributed by atoms with van der Waals surface area (Å²) in [5.74, 6) is -0.239. The highest BCUT2D eigenvalue weighted by molar-refractivity contribution is 5.85. The van der Waals surface area contributed by atoms with Crippen molar-refractivity contribution in [2.24, 2.45) is 0 Å². The summed E-state index contributed by atoms with van der Waals surface area (Å²) in [7, 11) is 1.48. The minimum atomic E-state index is -1.00. The topological polar surface area (TPSA) is 114 Å². The van der Waals surface area contributed by atoms with Crippen molar-refractivity contribution in [2.75, 3.05) is 12.4 Å². The van der Waals surface area contributed by atoms with Crippen molar-refractivity contribution < 1.29 is 19.0 Å². The van der Waals surface area contributed by atoms with Gasteiger partial charge in [0.15, 0.2) is 28.9 Å². The van der Waals surface area contributed by atoms with E-state index in [1.54, 1.807) is 22.8 Å². The van der Waals surface area contributed by atoms with Gasteiger partial charge in [-0.3, -0.25) is 9.36 Å². The molecule has 3 atom stereocenters. The molecule has 0 unspecified atom stereocenters. The second-order valence-corrected chi connectivity index (χ2v) is 7.97. The zero-order valence-electron chi connectivity index (χ0n) is 18.4. The van der Waals surface area contributed by atoms with Gasteiger partial charge in [0, 0.05) is 20.0 Å². The van der Waals surface area contributed by atoms with Gasteiger partial charge in [-0.05, 0) is 17.7 Å². The number of carbonyl (C=O) groups excluding carboxylic acids is 1. The van der Waals surface area contributed by atoms with Crippen molar-refractivity contribution in [1.29, 1.82) is 0 Å². The summed E-state index contributed by atoms with van der Waals surface area (Å²) in [6.07, 6.45) is -0.952. The molecule has 34 heavy (non-hydrogen) atoms. The Hall–Kier alpha value is -3.89. The minimum absolute atomic E-state index is 0.176. The van der Waals surface area contributed by atoms with Crippen LogP contribution >= 0.6 is 0 Å². The number of rotatable bonds is 6. The maximum atomic E-state index is 14.6. The summed E-state index contributed by atoms with van der Waals surface area (Å²) in [5, 5.41) is 16.1. The van der Waals surface area contributed by atoms with E-state index in [0.29, 0.717) is 23.5 Å². The van der Waals surface area contributed by atoms with Crippen LogP contribution in [0.2, 0.25) is 0 Å². The average Bonchev–Trinajstić information content (AvgIpc) is 3.46. The zero-order chi connectivity index (χ0) is 23.7. The van der Waals surface area contributed by atoms with Crippen LogP contribution in [0.1, 0.15) is 18.2 Å². The van der Waals surface area contributed by atoms with Gasteiger partial charge in [0.25, 0.3) is 5.91 Å². The molecule has 0 radical (unpaired) electrons. The number of anilines is 1. The SMILES string of the molecule is CNC(=O)[C@H]1O[C@@H](n2cnc3c(NCc4ccccc4)nc(-c4ccccc4F)nc32)C[C@@H]1O. The van der Waals surface area contributed by atoms with E-state index in [9.17, 15) is 14.3 Å². The molecule has 10 heteroatoms. The van der Waals surface area contributed by atoms with Crippen LogP contribution in [0.3, 0.4) is 0 Å². The van der Waals surface area contributed by atoms with Gasteiger partial charge in [-0.1, -0.05) is 42.5 Å². The molecule has 1 aliphatic heterocycles. The normalized spacial score (nSPS) is 19.9. The number of aliphatic hydroxyl groups excluding tert-OH is 1. The van der Waals surface area contributed by atoms with E-state index < -0.39 is 30.2 Å². The number of nitrogens with one attached hydrogen (secondary N) is 2. The third kappa shape index (κ3) is 4.09. The monoisotopic (exact) mass is 462 g/mol. The standard InChI is InChI=1S/C24H23FN6O3/c1-26-24(33)20-17(32)11-18(34-20)31-13-28-19-22(27-12-14-7-3-2-4-8-14)29-21(30-23(19)31)15-9-5-6-10-16(15)25/h2-10,13,17-18,20,32H,11-12H2,1H3,(H,26,33)(H,27,29,30)/t17-,18+,20-/m0/s1. The lowest BCUT2D eigenvalue weighted by molar-refractivity contribution is -0.137. The number of nitrogens with zero attached hydrogens (tertiary/aromatic N) is 4. The van der Waals surface area contributed by atoms with Crippen LogP contribution in [-0.2, 0) is 16.1 Å². The fourth-order valence-corrected chi connectivity index (χ4v) is 4.00. The van der Waals surface area contributed by atoms with Gasteiger partial charge in [-0.15, -0.1) is 0 Å². The highest BCUT2D eigenvalue weighted by Crippen LogP contribution is 2.33. The molecular weight excluding hydrogens is 439 g/mol. The number of ether oxygens (including phenoxy) is 1. The maximum absolute atomic E-state index is 14.6. The first-order valence-corrected chi connectivity index (χ1v) is 10.9. The van der Waals surface area contributed by atoms with Crippen LogP contribution in [0.5, 0.6) is 0 Å². The number of carbonyl (C=O) groups is 1. The van der Waals surface area contributed by atoms with Crippen molar-refractivity contribution in [3.05, 3.63) is 72.3 Å². The van der Waals surface area contributed by atoms with E-state index in [1.807, 2.05) is 30.3 Å². The fourth-order valence-electron chi connectivity index (χ4n) is 4.00. The Morgan fingerprint density at radius 2 is 1.94 bits per heavy atom. The number of hydrogen-bond donors (Lipinski definition) is 3. The van der Waals surface area contributed by atoms with Gasteiger partial charge in [0.2, 0.25) is 0 Å². The van der Waals surface area contributed by atoms with Crippen molar-refractivity contribution >= 4 is 22.9 Å². The van der Waals surface area contributed by atoms with Crippen LogP contribution in [0.25, 0.3) is 22.6 Å². The van der Waals surface area contributed by atoms with Crippen LogP contribution < -0.4 is 10.6 Å². The first-order valence-electron chi connectivity index (χ1n) is 10.9. The maximum Gasteiger partial charge on any atom is 0.251 e. The number of halogens is 1. The summed E-state index contributed by atoms with van der Waals surface area (Å²) in [4.78, 5) is 25.7. The van der Waals surface area contributed by atoms with E-state index in [1.165, 1.54) is 19.4 Å². The number of aliphatic hydroxyl groups is 1. The number of aromatic nitrogens is 4. The Bertz CT molecular complexity index is 1330. The van der Waals surface area contributed by atoms with Crippen molar-refractivity contribution in [2.45, 2.75) is 31.4 Å². The fraction of sp³-hybridized carbons (Fsp3) is 0.250. The summed E-state index contributed by atoms with van der Waals surface area (Å²) in [6.45, 7) is 0.480. The molecule has 3 heterocycles. The average molecular weight is 462 g/mol. The number of amides is 1. The van der Waals surface area contributed by atoms with Gasteiger partial charge in [-0.2, -0.15) is 0 Å². The van der Waals surface area contributed by atoms with Crippen LogP contribution in [0.4, 0.5) is 10.2 Å². The Kier molecular flexibility index (Phi) is 5.91. The van der Waals surface area contributed by atoms with E-state index >= 15 is 0 Å². The molecule has 1 aliphatic rings. The van der Waals surface area contributed by atoms with Crippen molar-refractivity contribution in [3.63, 3.8) is 0 Å². The molecule has 5 rings (SSSR count). The molecule has 4 aromatic rings. The molecule has 2 aromatic heterocycles. The predicted octanol–water partition coefficient (Wildman–Crippen LogP) is 2.64. The molecule has 2 aromatic carbocycles. The van der Waals surface area contributed by atoms with E-state index in [0.717, 1.165) is 5.56 Å². The lowest BCUT2D eigenvalue weighted by Gasteiger charge is -2.15. The van der Waals surface area contributed by atoms with Gasteiger partial charge >= 0.3 is 0 Å². The Morgan fingerprint density at radius 1 is 1.18 bits per heavy atom. The number of likely N-dealkylation sites (N-methyl/N-ethyl adjacent to an activating group) is 1. The third-order valence-electron chi connectivity index (χ3n) is 5.75. The summed E-state index contributed by atoms with van der Waals surface area (Å²) in [5.41, 5.74) is 2.16. The van der Waals surface area contributed by atoms with Gasteiger partial charge in [0.05, 0.1) is 18.0 Å². The minimum Gasteiger partial charge on any atom is -0.390 e. The molecule has 3 N–H and O–H groups in total. The Morgan fingerprint density at radius 3 is 2.71 bits per heavy atom. The molecule has 174 valence electrons. The molecule has 1 fully saturated rings. The molecule has 1 amide bonds. The molecule has 1 saturated heterocycles. The van der Waals surface area contributed by atoms with Gasteiger partial charge in [-0.25, -0.2) is 19.3 Å². The van der Waals surface area contributed by atoms with Crippen LogP contribution in [0, 0.1) is 5.82 Å². The molecule has 0 spiro atoms. The van der Waals surface area contributed by atoms with Gasteiger partial charge in [0.1, 0.15) is 12.0 Å². The number of imidazole rings is 1. The molecule has 0 aliphatic carbocycles. The third-order valence-corrected chi connectivity index (χ3v) is 5.75. The van der Waals surface area contributed by atoms with Crippen LogP contribution in [-0.4, -0.2) is 49.8 Å². The first kappa shape index (κ1) is 21.9.